The van der Waals surface area contributed by atoms with Crippen molar-refractivity contribution in [1.29, 1.82) is 0 Å². The number of carbonyl (C=O) groups is 1. The fourth-order valence-corrected chi connectivity index (χ4v) is 6.95. The Morgan fingerprint density at radius 3 is 2.45 bits per heavy atom. The molecule has 2 heterocycles. The second-order valence-corrected chi connectivity index (χ2v) is 11.1. The molecule has 0 unspecified atom stereocenters. The van der Waals surface area contributed by atoms with E-state index in [2.05, 4.69) is 19.1 Å². The number of nitrogens with zero attached hydrogens (tertiary/aromatic N) is 1. The Balaban J connectivity index is 1.70. The Kier molecular flexibility index (Phi) is 5.69. The van der Waals surface area contributed by atoms with Gasteiger partial charge in [0.15, 0.2) is 9.84 Å². The molecule has 0 aliphatic carbocycles. The molecule has 1 aliphatic rings. The maximum Gasteiger partial charge on any atom is 0.266 e. The Morgan fingerprint density at radius 2 is 1.83 bits per heavy atom. The number of rotatable bonds is 5. The van der Waals surface area contributed by atoms with Crippen molar-refractivity contribution in [3.8, 4) is 0 Å². The van der Waals surface area contributed by atoms with Crippen LogP contribution in [0.2, 0.25) is 5.02 Å². The Morgan fingerprint density at radius 1 is 1.14 bits per heavy atom. The van der Waals surface area contributed by atoms with Gasteiger partial charge < -0.3 is 4.90 Å². The summed E-state index contributed by atoms with van der Waals surface area (Å²) in [6, 6.07) is 15.4. The van der Waals surface area contributed by atoms with Crippen LogP contribution in [0.1, 0.15) is 34.1 Å². The number of amides is 1. The largest absolute Gasteiger partial charge is 0.330 e. The lowest BCUT2D eigenvalue weighted by molar-refractivity contribution is 0.0686. The summed E-state index contributed by atoms with van der Waals surface area (Å²) in [5.41, 5.74) is 2.21. The highest BCUT2D eigenvalue weighted by molar-refractivity contribution is 7.91. The van der Waals surface area contributed by atoms with Gasteiger partial charge in [-0.1, -0.05) is 61.0 Å². The van der Waals surface area contributed by atoms with Gasteiger partial charge in [0.1, 0.15) is 4.88 Å². The van der Waals surface area contributed by atoms with Gasteiger partial charge in [-0.05, 0) is 30.0 Å². The van der Waals surface area contributed by atoms with Crippen molar-refractivity contribution in [2.45, 2.75) is 32.4 Å². The monoisotopic (exact) mass is 447 g/mol. The third-order valence-corrected chi connectivity index (χ3v) is 8.84. The second-order valence-electron chi connectivity index (χ2n) is 7.40. The molecular weight excluding hydrogens is 426 g/mol. The van der Waals surface area contributed by atoms with Gasteiger partial charge in [0.25, 0.3) is 5.91 Å². The molecule has 2 aromatic carbocycles. The summed E-state index contributed by atoms with van der Waals surface area (Å²) in [4.78, 5) is 15.7. The molecule has 3 aromatic rings. The van der Waals surface area contributed by atoms with Crippen LogP contribution in [0, 0.1) is 0 Å². The summed E-state index contributed by atoms with van der Waals surface area (Å²) < 4.78 is 25.1. The summed E-state index contributed by atoms with van der Waals surface area (Å²) in [6.45, 7) is 2.46. The number of sulfone groups is 1. The van der Waals surface area contributed by atoms with Crippen LogP contribution in [-0.4, -0.2) is 36.8 Å². The molecule has 1 aromatic heterocycles. The number of benzene rings is 2. The van der Waals surface area contributed by atoms with Crippen LogP contribution < -0.4 is 0 Å². The molecule has 152 valence electrons. The first-order chi connectivity index (χ1) is 13.9. The number of carbonyl (C=O) groups excluding carboxylic acids is 1. The van der Waals surface area contributed by atoms with E-state index in [1.165, 1.54) is 16.9 Å². The normalized spacial score (nSPS) is 18.2. The van der Waals surface area contributed by atoms with E-state index < -0.39 is 9.84 Å². The first-order valence-electron chi connectivity index (χ1n) is 9.64. The van der Waals surface area contributed by atoms with E-state index in [1.54, 1.807) is 4.90 Å². The molecule has 7 heteroatoms. The Bertz CT molecular complexity index is 1150. The molecule has 4 rings (SSSR count). The fraction of sp³-hybridized carbons (Fsp3) is 0.318. The van der Waals surface area contributed by atoms with Crippen LogP contribution in [0.4, 0.5) is 0 Å². The first kappa shape index (κ1) is 20.4. The maximum atomic E-state index is 13.5. The quantitative estimate of drug-likeness (QED) is 0.556. The molecule has 0 spiro atoms. The molecule has 1 saturated heterocycles. The zero-order chi connectivity index (χ0) is 20.6. The summed E-state index contributed by atoms with van der Waals surface area (Å²) in [7, 11) is -3.12. The lowest BCUT2D eigenvalue weighted by Crippen LogP contribution is -2.40. The molecule has 1 fully saturated rings. The zero-order valence-electron chi connectivity index (χ0n) is 16.1. The van der Waals surface area contributed by atoms with Crippen LogP contribution in [0.15, 0.2) is 48.5 Å². The van der Waals surface area contributed by atoms with Crippen molar-refractivity contribution in [1.82, 2.24) is 4.90 Å². The molecule has 0 saturated carbocycles. The average molecular weight is 448 g/mol. The Labute approximate surface area is 180 Å². The number of hydrogen-bond donors (Lipinski definition) is 0. The number of aryl methyl sites for hydroxylation is 1. The minimum atomic E-state index is -3.12. The van der Waals surface area contributed by atoms with E-state index in [4.69, 9.17) is 11.6 Å². The van der Waals surface area contributed by atoms with Crippen molar-refractivity contribution < 1.29 is 13.2 Å². The van der Waals surface area contributed by atoms with Gasteiger partial charge in [0.2, 0.25) is 0 Å². The third-order valence-electron chi connectivity index (χ3n) is 5.42. The highest BCUT2D eigenvalue weighted by Gasteiger charge is 2.36. The van der Waals surface area contributed by atoms with Gasteiger partial charge in [-0.15, -0.1) is 11.3 Å². The number of halogens is 1. The van der Waals surface area contributed by atoms with Crippen molar-refractivity contribution >= 4 is 48.8 Å². The predicted molar refractivity (Wildman–Crippen MR) is 120 cm³/mol. The van der Waals surface area contributed by atoms with Crippen LogP contribution >= 0.6 is 22.9 Å². The standard InChI is InChI=1S/C22H22ClNO3S2/c1-2-15-7-9-16(10-8-15)13-24(17-11-12-29(26,27)14-17)22(25)21-20(23)18-5-3-4-6-19(18)28-21/h3-10,17H,2,11-14H2,1H3/t17-/m0/s1. The molecule has 0 bridgehead atoms. The van der Waals surface area contributed by atoms with Crippen LogP contribution in [0.5, 0.6) is 0 Å². The van der Waals surface area contributed by atoms with Gasteiger partial charge >= 0.3 is 0 Å². The topological polar surface area (TPSA) is 54.5 Å². The maximum absolute atomic E-state index is 13.5. The molecule has 0 N–H and O–H groups in total. The van der Waals surface area contributed by atoms with Crippen molar-refractivity contribution in [2.75, 3.05) is 11.5 Å². The lowest BCUT2D eigenvalue weighted by Gasteiger charge is -2.28. The lowest BCUT2D eigenvalue weighted by atomic mass is 10.1. The molecule has 1 atom stereocenters. The average Bonchev–Trinajstić information content (AvgIpc) is 3.25. The van der Waals surface area contributed by atoms with E-state index in [9.17, 15) is 13.2 Å². The van der Waals surface area contributed by atoms with E-state index in [-0.39, 0.29) is 23.5 Å². The fourth-order valence-electron chi connectivity index (χ4n) is 3.75. The molecule has 1 amide bonds. The van der Waals surface area contributed by atoms with Gasteiger partial charge in [-0.2, -0.15) is 0 Å². The number of fused-ring (bicyclic) bond motifs is 1. The molecule has 29 heavy (non-hydrogen) atoms. The second kappa shape index (κ2) is 8.09. The van der Waals surface area contributed by atoms with E-state index in [0.29, 0.717) is 22.9 Å². The predicted octanol–water partition coefficient (Wildman–Crippen LogP) is 4.95. The zero-order valence-corrected chi connectivity index (χ0v) is 18.5. The van der Waals surface area contributed by atoms with Gasteiger partial charge in [0, 0.05) is 22.7 Å². The summed E-state index contributed by atoms with van der Waals surface area (Å²) in [6.07, 6.45) is 1.41. The van der Waals surface area contributed by atoms with Gasteiger partial charge in [-0.3, -0.25) is 4.79 Å². The molecule has 4 nitrogen and oxygen atoms in total. The summed E-state index contributed by atoms with van der Waals surface area (Å²) in [5, 5.41) is 1.30. The minimum Gasteiger partial charge on any atom is -0.330 e. The van der Waals surface area contributed by atoms with E-state index in [0.717, 1.165) is 22.1 Å². The minimum absolute atomic E-state index is 0.00823. The summed E-state index contributed by atoms with van der Waals surface area (Å²) in [5.74, 6) is -0.0668. The number of thiophene rings is 1. The van der Waals surface area contributed by atoms with Crippen molar-refractivity contribution in [3.63, 3.8) is 0 Å². The van der Waals surface area contributed by atoms with Crippen LogP contribution in [0.3, 0.4) is 0 Å². The summed E-state index contributed by atoms with van der Waals surface area (Å²) >= 11 is 7.91. The smallest absolute Gasteiger partial charge is 0.266 e. The van der Waals surface area contributed by atoms with Gasteiger partial charge in [-0.25, -0.2) is 8.42 Å². The van der Waals surface area contributed by atoms with E-state index >= 15 is 0 Å². The van der Waals surface area contributed by atoms with Crippen LogP contribution in [-0.2, 0) is 22.8 Å². The van der Waals surface area contributed by atoms with Crippen LogP contribution in [0.25, 0.3) is 10.1 Å². The van der Waals surface area contributed by atoms with Gasteiger partial charge in [0.05, 0.1) is 16.5 Å². The van der Waals surface area contributed by atoms with Crippen molar-refractivity contribution in [3.05, 3.63) is 69.6 Å². The van der Waals surface area contributed by atoms with E-state index in [1.807, 2.05) is 36.4 Å². The van der Waals surface area contributed by atoms with Crippen molar-refractivity contribution in [2.24, 2.45) is 0 Å². The number of hydrogen-bond acceptors (Lipinski definition) is 4. The first-order valence-corrected chi connectivity index (χ1v) is 12.7. The highest BCUT2D eigenvalue weighted by Crippen LogP contribution is 2.37. The molecule has 1 aliphatic heterocycles. The molecular formula is C22H22ClNO3S2. The SMILES string of the molecule is CCc1ccc(CN(C(=O)c2sc3ccccc3c2Cl)[C@H]2CCS(=O)(=O)C2)cc1. The third kappa shape index (κ3) is 4.20. The molecule has 0 radical (unpaired) electrons. The Hall–Kier alpha value is -1.89. The highest BCUT2D eigenvalue weighted by atomic mass is 35.5.